The fraction of sp³-hybridized carbons (Fsp3) is 0.462. The SMILES string of the molecule is CC[C@H](C)NC(=O)[C@H](CC)N(Cc1ccc(Cl)c(Cl)c1)C(=O)CN(c1cc(C)cc(C)c1)S(C)(=O)=O. The largest absolute Gasteiger partial charge is 0.352 e. The van der Waals surface area contributed by atoms with Gasteiger partial charge in [-0.1, -0.05) is 49.2 Å². The summed E-state index contributed by atoms with van der Waals surface area (Å²) in [6, 6.07) is 9.48. The second kappa shape index (κ2) is 12.8. The van der Waals surface area contributed by atoms with Gasteiger partial charge in [-0.3, -0.25) is 13.9 Å². The molecule has 0 aliphatic rings. The van der Waals surface area contributed by atoms with Crippen molar-refractivity contribution in [2.24, 2.45) is 0 Å². The molecule has 36 heavy (non-hydrogen) atoms. The van der Waals surface area contributed by atoms with E-state index in [9.17, 15) is 18.0 Å². The molecule has 0 saturated carbocycles. The van der Waals surface area contributed by atoms with Gasteiger partial charge >= 0.3 is 0 Å². The third kappa shape index (κ3) is 8.11. The molecule has 0 saturated heterocycles. The fourth-order valence-corrected chi connectivity index (χ4v) is 5.06. The third-order valence-electron chi connectivity index (χ3n) is 5.90. The number of sulfonamides is 1. The first kappa shape index (κ1) is 29.9. The van der Waals surface area contributed by atoms with Crippen LogP contribution in [0.4, 0.5) is 5.69 Å². The molecule has 2 aromatic rings. The molecule has 198 valence electrons. The molecule has 0 aliphatic heterocycles. The number of halogens is 2. The quantitative estimate of drug-likeness (QED) is 0.418. The molecule has 0 fully saturated rings. The molecule has 0 heterocycles. The average Bonchev–Trinajstić information content (AvgIpc) is 2.77. The summed E-state index contributed by atoms with van der Waals surface area (Å²) in [6.45, 7) is 9.00. The summed E-state index contributed by atoms with van der Waals surface area (Å²) in [5, 5.41) is 3.64. The van der Waals surface area contributed by atoms with Gasteiger partial charge in [0.1, 0.15) is 12.6 Å². The molecule has 0 unspecified atom stereocenters. The number of anilines is 1. The van der Waals surface area contributed by atoms with Crippen LogP contribution < -0.4 is 9.62 Å². The lowest BCUT2D eigenvalue weighted by atomic mass is 10.1. The molecule has 0 bridgehead atoms. The highest BCUT2D eigenvalue weighted by atomic mass is 35.5. The highest BCUT2D eigenvalue weighted by molar-refractivity contribution is 7.92. The Morgan fingerprint density at radius 2 is 1.58 bits per heavy atom. The minimum atomic E-state index is -3.79. The van der Waals surface area contributed by atoms with Crippen LogP contribution in [-0.2, 0) is 26.2 Å². The summed E-state index contributed by atoms with van der Waals surface area (Å²) in [5.74, 6) is -0.797. The number of hydrogen-bond acceptors (Lipinski definition) is 4. The van der Waals surface area contributed by atoms with Crippen molar-refractivity contribution < 1.29 is 18.0 Å². The Bertz CT molecular complexity index is 1180. The first-order valence-corrected chi connectivity index (χ1v) is 14.5. The van der Waals surface area contributed by atoms with Crippen LogP contribution in [0.25, 0.3) is 0 Å². The predicted molar refractivity (Wildman–Crippen MR) is 147 cm³/mol. The van der Waals surface area contributed by atoms with Crippen LogP contribution in [0.5, 0.6) is 0 Å². The number of amides is 2. The van der Waals surface area contributed by atoms with Crippen molar-refractivity contribution in [3.8, 4) is 0 Å². The minimum Gasteiger partial charge on any atom is -0.352 e. The average molecular weight is 557 g/mol. The van der Waals surface area contributed by atoms with Crippen molar-refractivity contribution in [2.45, 2.75) is 66.1 Å². The van der Waals surface area contributed by atoms with Gasteiger partial charge in [-0.2, -0.15) is 0 Å². The van der Waals surface area contributed by atoms with E-state index in [1.165, 1.54) is 4.90 Å². The van der Waals surface area contributed by atoms with Crippen LogP contribution in [0.1, 0.15) is 50.3 Å². The Balaban J connectivity index is 2.50. The van der Waals surface area contributed by atoms with E-state index >= 15 is 0 Å². The number of benzene rings is 2. The van der Waals surface area contributed by atoms with E-state index in [0.717, 1.165) is 28.1 Å². The molecule has 10 heteroatoms. The highest BCUT2D eigenvalue weighted by Crippen LogP contribution is 2.25. The Hall–Kier alpha value is -2.29. The molecular formula is C26H35Cl2N3O4S. The second-order valence-electron chi connectivity index (χ2n) is 9.13. The number of rotatable bonds is 11. The van der Waals surface area contributed by atoms with Crippen molar-refractivity contribution in [3.05, 3.63) is 63.1 Å². The highest BCUT2D eigenvalue weighted by Gasteiger charge is 2.32. The van der Waals surface area contributed by atoms with Crippen LogP contribution in [0, 0.1) is 13.8 Å². The van der Waals surface area contributed by atoms with E-state index in [0.29, 0.717) is 27.7 Å². The molecule has 2 amide bonds. The zero-order valence-electron chi connectivity index (χ0n) is 21.6. The number of nitrogens with one attached hydrogen (secondary N) is 1. The molecular weight excluding hydrogens is 521 g/mol. The predicted octanol–water partition coefficient (Wildman–Crippen LogP) is 5.10. The maximum atomic E-state index is 13.7. The lowest BCUT2D eigenvalue weighted by Gasteiger charge is -2.33. The minimum absolute atomic E-state index is 0.0621. The van der Waals surface area contributed by atoms with Gasteiger partial charge < -0.3 is 10.2 Å². The van der Waals surface area contributed by atoms with Gasteiger partial charge in [-0.05, 0) is 74.6 Å². The van der Waals surface area contributed by atoms with E-state index in [2.05, 4.69) is 5.32 Å². The van der Waals surface area contributed by atoms with Gasteiger partial charge in [-0.15, -0.1) is 0 Å². The Morgan fingerprint density at radius 3 is 2.08 bits per heavy atom. The van der Waals surface area contributed by atoms with Crippen molar-refractivity contribution in [2.75, 3.05) is 17.1 Å². The monoisotopic (exact) mass is 555 g/mol. The smallest absolute Gasteiger partial charge is 0.244 e. The lowest BCUT2D eigenvalue weighted by molar-refractivity contribution is -0.140. The van der Waals surface area contributed by atoms with Crippen LogP contribution in [0.2, 0.25) is 10.0 Å². The number of aryl methyl sites for hydroxylation is 2. The number of carbonyl (C=O) groups excluding carboxylic acids is 2. The number of hydrogen-bond donors (Lipinski definition) is 1. The van der Waals surface area contributed by atoms with E-state index < -0.39 is 28.5 Å². The maximum absolute atomic E-state index is 13.7. The number of nitrogens with zero attached hydrogens (tertiary/aromatic N) is 2. The zero-order valence-corrected chi connectivity index (χ0v) is 24.0. The topological polar surface area (TPSA) is 86.8 Å². The van der Waals surface area contributed by atoms with Gasteiger partial charge in [0.2, 0.25) is 21.8 Å². The van der Waals surface area contributed by atoms with Gasteiger partial charge in [0, 0.05) is 12.6 Å². The van der Waals surface area contributed by atoms with Gasteiger partial charge in [-0.25, -0.2) is 8.42 Å². The third-order valence-corrected chi connectivity index (χ3v) is 7.78. The van der Waals surface area contributed by atoms with E-state index in [-0.39, 0.29) is 18.5 Å². The van der Waals surface area contributed by atoms with Crippen molar-refractivity contribution in [1.29, 1.82) is 0 Å². The van der Waals surface area contributed by atoms with E-state index in [1.807, 2.05) is 40.7 Å². The molecule has 2 rings (SSSR count). The summed E-state index contributed by atoms with van der Waals surface area (Å²) < 4.78 is 26.6. The zero-order chi connectivity index (χ0) is 27.2. The van der Waals surface area contributed by atoms with Crippen LogP contribution in [-0.4, -0.2) is 50.0 Å². The summed E-state index contributed by atoms with van der Waals surface area (Å²) in [4.78, 5) is 28.3. The second-order valence-corrected chi connectivity index (χ2v) is 11.8. The summed E-state index contributed by atoms with van der Waals surface area (Å²) >= 11 is 12.2. The summed E-state index contributed by atoms with van der Waals surface area (Å²) in [6.07, 6.45) is 2.14. The van der Waals surface area contributed by atoms with Crippen LogP contribution in [0.15, 0.2) is 36.4 Å². The van der Waals surface area contributed by atoms with Crippen molar-refractivity contribution in [1.82, 2.24) is 10.2 Å². The van der Waals surface area contributed by atoms with Gasteiger partial charge in [0.05, 0.1) is 22.0 Å². The first-order chi connectivity index (χ1) is 16.8. The first-order valence-electron chi connectivity index (χ1n) is 11.9. The normalized spacial score (nSPS) is 13.1. The van der Waals surface area contributed by atoms with Gasteiger partial charge in [0.25, 0.3) is 0 Å². The van der Waals surface area contributed by atoms with Crippen LogP contribution >= 0.6 is 23.2 Å². The van der Waals surface area contributed by atoms with E-state index in [1.54, 1.807) is 30.3 Å². The number of carbonyl (C=O) groups is 2. The van der Waals surface area contributed by atoms with Crippen molar-refractivity contribution in [3.63, 3.8) is 0 Å². The Morgan fingerprint density at radius 1 is 0.972 bits per heavy atom. The fourth-order valence-electron chi connectivity index (χ4n) is 3.90. The van der Waals surface area contributed by atoms with Crippen LogP contribution in [0.3, 0.4) is 0 Å². The molecule has 0 aliphatic carbocycles. The van der Waals surface area contributed by atoms with Crippen molar-refractivity contribution >= 4 is 50.7 Å². The lowest BCUT2D eigenvalue weighted by Crippen LogP contribution is -2.53. The summed E-state index contributed by atoms with van der Waals surface area (Å²) in [5.41, 5.74) is 2.82. The molecule has 2 aromatic carbocycles. The molecule has 1 N–H and O–H groups in total. The standard InChI is InChI=1S/C26H35Cl2N3O4S/c1-7-19(5)29-26(33)24(8-2)30(15-20-9-10-22(27)23(28)14-20)25(32)16-31(36(6,34)35)21-12-17(3)11-18(4)13-21/h9-14,19,24H,7-8,15-16H2,1-6H3,(H,29,33)/t19-,24-/m0/s1. The molecule has 2 atom stereocenters. The molecule has 7 nitrogen and oxygen atoms in total. The Kier molecular flexibility index (Phi) is 10.6. The maximum Gasteiger partial charge on any atom is 0.244 e. The Labute approximate surface area is 224 Å². The molecule has 0 radical (unpaired) electrons. The van der Waals surface area contributed by atoms with Gasteiger partial charge in [0.15, 0.2) is 0 Å². The van der Waals surface area contributed by atoms with E-state index in [4.69, 9.17) is 23.2 Å². The molecule has 0 aromatic heterocycles. The summed E-state index contributed by atoms with van der Waals surface area (Å²) in [7, 11) is -3.79. The molecule has 0 spiro atoms.